The summed E-state index contributed by atoms with van der Waals surface area (Å²) < 4.78 is 16.6. The zero-order chi connectivity index (χ0) is 19.1. The highest BCUT2D eigenvalue weighted by Crippen LogP contribution is 2.29. The van der Waals surface area contributed by atoms with E-state index in [1.54, 1.807) is 12.1 Å². The zero-order valence-electron chi connectivity index (χ0n) is 15.4. The van der Waals surface area contributed by atoms with Crippen LogP contribution in [0.5, 0.6) is 11.5 Å². The maximum atomic E-state index is 12.5. The molecule has 0 bridgehead atoms. The number of amides is 1. The number of hydrogen-bond acceptors (Lipinski definition) is 5. The Morgan fingerprint density at radius 1 is 1.07 bits per heavy atom. The molecule has 1 heterocycles. The van der Waals surface area contributed by atoms with Crippen molar-refractivity contribution in [2.45, 2.75) is 20.3 Å². The molecule has 0 aliphatic carbocycles. The number of ether oxygens (including phenoxy) is 2. The molecule has 3 rings (SSSR count). The maximum Gasteiger partial charge on any atom is 0.230 e. The number of rotatable bonds is 8. The Morgan fingerprint density at radius 2 is 1.85 bits per heavy atom. The third kappa shape index (κ3) is 4.88. The molecule has 27 heavy (non-hydrogen) atoms. The number of benzene rings is 2. The first-order valence-electron chi connectivity index (χ1n) is 8.89. The van der Waals surface area contributed by atoms with Crippen molar-refractivity contribution >= 4 is 11.6 Å². The fourth-order valence-electron chi connectivity index (χ4n) is 2.60. The molecule has 140 valence electrons. The number of nitrogens with zero attached hydrogens (tertiary/aromatic N) is 1. The van der Waals surface area contributed by atoms with E-state index in [0.717, 1.165) is 5.56 Å². The van der Waals surface area contributed by atoms with E-state index in [0.29, 0.717) is 42.0 Å². The van der Waals surface area contributed by atoms with Crippen molar-refractivity contribution in [2.24, 2.45) is 0 Å². The number of nitrogens with one attached hydrogen (secondary N) is 1. The van der Waals surface area contributed by atoms with Crippen molar-refractivity contribution in [3.8, 4) is 23.0 Å². The summed E-state index contributed by atoms with van der Waals surface area (Å²) in [5.74, 6) is 1.55. The first kappa shape index (κ1) is 18.5. The summed E-state index contributed by atoms with van der Waals surface area (Å²) in [6.07, 6.45) is 1.60. The normalized spacial score (nSPS) is 10.4. The zero-order valence-corrected chi connectivity index (χ0v) is 15.4. The van der Waals surface area contributed by atoms with Gasteiger partial charge in [0.05, 0.1) is 31.0 Å². The van der Waals surface area contributed by atoms with Gasteiger partial charge in [-0.2, -0.15) is 0 Å². The molecule has 6 heteroatoms. The highest BCUT2D eigenvalue weighted by molar-refractivity contribution is 5.93. The minimum atomic E-state index is -0.211. The van der Waals surface area contributed by atoms with E-state index in [1.807, 2.05) is 50.2 Å². The van der Waals surface area contributed by atoms with Crippen LogP contribution in [0.1, 0.15) is 19.5 Å². The van der Waals surface area contributed by atoms with Gasteiger partial charge in [-0.05, 0) is 38.1 Å². The van der Waals surface area contributed by atoms with Gasteiger partial charge in [-0.25, -0.2) is 4.98 Å². The van der Waals surface area contributed by atoms with Crippen LogP contribution in [0.4, 0.5) is 5.69 Å². The van der Waals surface area contributed by atoms with E-state index < -0.39 is 0 Å². The average molecular weight is 366 g/mol. The molecule has 3 aromatic rings. The number of carbonyl (C=O) groups excluding carboxylic acids is 1. The standard InChI is InChI=1S/C21H22N2O4/c1-3-25-17-10-11-19(26-4-2)18(13-17)23-20(24)12-16-14-27-21(22-16)15-8-6-5-7-9-15/h5-11,13-14H,3-4,12H2,1-2H3,(H,23,24). The van der Waals surface area contributed by atoms with Crippen LogP contribution in [0, 0.1) is 0 Å². The van der Waals surface area contributed by atoms with Crippen molar-refractivity contribution in [1.29, 1.82) is 0 Å². The van der Waals surface area contributed by atoms with Gasteiger partial charge in [0.25, 0.3) is 0 Å². The summed E-state index contributed by atoms with van der Waals surface area (Å²) in [7, 11) is 0. The van der Waals surface area contributed by atoms with Crippen LogP contribution in [0.2, 0.25) is 0 Å². The lowest BCUT2D eigenvalue weighted by molar-refractivity contribution is -0.115. The minimum absolute atomic E-state index is 0.0980. The second-order valence-corrected chi connectivity index (χ2v) is 5.76. The molecule has 0 aliphatic heterocycles. The Bertz CT molecular complexity index is 890. The third-order valence-electron chi connectivity index (χ3n) is 3.75. The number of aromatic nitrogens is 1. The van der Waals surface area contributed by atoms with Crippen LogP contribution < -0.4 is 14.8 Å². The Morgan fingerprint density at radius 3 is 2.59 bits per heavy atom. The Hall–Kier alpha value is -3.28. The lowest BCUT2D eigenvalue weighted by atomic mass is 10.2. The van der Waals surface area contributed by atoms with Crippen LogP contribution in [-0.2, 0) is 11.2 Å². The van der Waals surface area contributed by atoms with Gasteiger partial charge in [0, 0.05) is 11.6 Å². The minimum Gasteiger partial charge on any atom is -0.494 e. The topological polar surface area (TPSA) is 73.6 Å². The molecule has 0 fully saturated rings. The largest absolute Gasteiger partial charge is 0.494 e. The molecular formula is C21H22N2O4. The SMILES string of the molecule is CCOc1ccc(OCC)c(NC(=O)Cc2coc(-c3ccccc3)n2)c1. The van der Waals surface area contributed by atoms with Gasteiger partial charge < -0.3 is 19.2 Å². The number of anilines is 1. The summed E-state index contributed by atoms with van der Waals surface area (Å²) in [6.45, 7) is 4.84. The van der Waals surface area contributed by atoms with E-state index in [-0.39, 0.29) is 12.3 Å². The van der Waals surface area contributed by atoms with Gasteiger partial charge in [0.2, 0.25) is 11.8 Å². The Balaban J connectivity index is 1.70. The highest BCUT2D eigenvalue weighted by Gasteiger charge is 2.13. The Kier molecular flexibility index (Phi) is 6.10. The van der Waals surface area contributed by atoms with Crippen molar-refractivity contribution < 1.29 is 18.7 Å². The van der Waals surface area contributed by atoms with Gasteiger partial charge in [0.15, 0.2) is 0 Å². The second kappa shape index (κ2) is 8.89. The quantitative estimate of drug-likeness (QED) is 0.643. The molecule has 0 spiro atoms. The summed E-state index contributed by atoms with van der Waals surface area (Å²) in [5.41, 5.74) is 2.00. The summed E-state index contributed by atoms with van der Waals surface area (Å²) in [5, 5.41) is 2.87. The van der Waals surface area contributed by atoms with Crippen LogP contribution in [0.3, 0.4) is 0 Å². The summed E-state index contributed by atoms with van der Waals surface area (Å²) in [4.78, 5) is 16.8. The van der Waals surface area contributed by atoms with E-state index in [4.69, 9.17) is 13.9 Å². The summed E-state index contributed by atoms with van der Waals surface area (Å²) >= 11 is 0. The summed E-state index contributed by atoms with van der Waals surface area (Å²) in [6, 6.07) is 14.9. The fraction of sp³-hybridized carbons (Fsp3) is 0.238. The molecule has 0 unspecified atom stereocenters. The van der Waals surface area contributed by atoms with Gasteiger partial charge in [-0.1, -0.05) is 18.2 Å². The lowest BCUT2D eigenvalue weighted by Gasteiger charge is -2.13. The van der Waals surface area contributed by atoms with Crippen LogP contribution in [-0.4, -0.2) is 24.1 Å². The predicted molar refractivity (Wildman–Crippen MR) is 103 cm³/mol. The molecule has 0 saturated carbocycles. The smallest absolute Gasteiger partial charge is 0.230 e. The number of oxazole rings is 1. The van der Waals surface area contributed by atoms with E-state index in [1.165, 1.54) is 6.26 Å². The van der Waals surface area contributed by atoms with Crippen molar-refractivity contribution in [3.63, 3.8) is 0 Å². The van der Waals surface area contributed by atoms with E-state index >= 15 is 0 Å². The molecule has 0 radical (unpaired) electrons. The van der Waals surface area contributed by atoms with E-state index in [9.17, 15) is 4.79 Å². The van der Waals surface area contributed by atoms with Gasteiger partial charge in [-0.15, -0.1) is 0 Å². The first-order valence-corrected chi connectivity index (χ1v) is 8.89. The second-order valence-electron chi connectivity index (χ2n) is 5.76. The van der Waals surface area contributed by atoms with Gasteiger partial charge in [-0.3, -0.25) is 4.79 Å². The average Bonchev–Trinajstić information content (AvgIpc) is 3.13. The fourth-order valence-corrected chi connectivity index (χ4v) is 2.60. The Labute approximate surface area is 158 Å². The van der Waals surface area contributed by atoms with Gasteiger partial charge >= 0.3 is 0 Å². The molecule has 1 aromatic heterocycles. The van der Waals surface area contributed by atoms with Gasteiger partial charge in [0.1, 0.15) is 17.8 Å². The molecule has 2 aromatic carbocycles. The molecule has 6 nitrogen and oxygen atoms in total. The monoisotopic (exact) mass is 366 g/mol. The highest BCUT2D eigenvalue weighted by atomic mass is 16.5. The lowest BCUT2D eigenvalue weighted by Crippen LogP contribution is -2.15. The number of carbonyl (C=O) groups is 1. The molecule has 0 saturated heterocycles. The molecule has 1 amide bonds. The van der Waals surface area contributed by atoms with Crippen LogP contribution in [0.25, 0.3) is 11.5 Å². The van der Waals surface area contributed by atoms with Crippen LogP contribution >= 0.6 is 0 Å². The maximum absolute atomic E-state index is 12.5. The van der Waals surface area contributed by atoms with Crippen molar-refractivity contribution in [1.82, 2.24) is 4.98 Å². The first-order chi connectivity index (χ1) is 13.2. The van der Waals surface area contributed by atoms with Crippen molar-refractivity contribution in [3.05, 3.63) is 60.5 Å². The number of hydrogen-bond donors (Lipinski definition) is 1. The molecule has 0 atom stereocenters. The van der Waals surface area contributed by atoms with Crippen molar-refractivity contribution in [2.75, 3.05) is 18.5 Å². The van der Waals surface area contributed by atoms with E-state index in [2.05, 4.69) is 10.3 Å². The molecular weight excluding hydrogens is 344 g/mol. The molecule has 0 aliphatic rings. The predicted octanol–water partition coefficient (Wildman–Crippen LogP) is 4.32. The van der Waals surface area contributed by atoms with Crippen LogP contribution in [0.15, 0.2) is 59.2 Å². The molecule has 1 N–H and O–H groups in total. The third-order valence-corrected chi connectivity index (χ3v) is 3.75.